The van der Waals surface area contributed by atoms with Crippen LogP contribution in [0.4, 0.5) is 0 Å². The number of benzene rings is 2. The van der Waals surface area contributed by atoms with Gasteiger partial charge in [0, 0.05) is 24.6 Å². The van der Waals surface area contributed by atoms with Crippen molar-refractivity contribution in [2.45, 2.75) is 12.5 Å². The molecule has 1 fully saturated rings. The maximum absolute atomic E-state index is 12.3. The molecule has 0 saturated carbocycles. The summed E-state index contributed by atoms with van der Waals surface area (Å²) in [7, 11) is 0. The lowest BCUT2D eigenvalue weighted by atomic mass is 9.95. The molecule has 3 rings (SSSR count). The molecule has 1 aliphatic rings. The number of ether oxygens (including phenoxy) is 1. The smallest absolute Gasteiger partial charge is 0.251 e. The highest BCUT2D eigenvalue weighted by Crippen LogP contribution is 2.33. The summed E-state index contributed by atoms with van der Waals surface area (Å²) in [4.78, 5) is 12.3. The fraction of sp³-hybridized carbons (Fsp3) is 0.263. The summed E-state index contributed by atoms with van der Waals surface area (Å²) < 4.78 is 5.83. The minimum atomic E-state index is -0.152. The van der Waals surface area contributed by atoms with Gasteiger partial charge in [0.05, 0.1) is 17.7 Å². The largest absolute Gasteiger partial charge is 0.373 e. The van der Waals surface area contributed by atoms with E-state index in [1.807, 2.05) is 24.3 Å². The molecule has 4 heteroatoms. The van der Waals surface area contributed by atoms with Crippen molar-refractivity contribution in [1.82, 2.24) is 5.32 Å². The Hall–Kier alpha value is -2.64. The molecule has 4 nitrogen and oxygen atoms in total. The van der Waals surface area contributed by atoms with E-state index in [1.165, 1.54) is 0 Å². The lowest BCUT2D eigenvalue weighted by Gasteiger charge is -2.19. The van der Waals surface area contributed by atoms with Crippen LogP contribution in [0.3, 0.4) is 0 Å². The summed E-state index contributed by atoms with van der Waals surface area (Å²) in [5.74, 6) is 0.112. The number of carbonyl (C=O) groups excluding carboxylic acids is 1. The molecule has 116 valence electrons. The molecule has 1 heterocycles. The van der Waals surface area contributed by atoms with E-state index in [9.17, 15) is 4.79 Å². The second-order valence-electron chi connectivity index (χ2n) is 5.65. The molecule has 1 N–H and O–H groups in total. The Morgan fingerprint density at radius 1 is 1.22 bits per heavy atom. The van der Waals surface area contributed by atoms with Crippen LogP contribution >= 0.6 is 0 Å². The fourth-order valence-electron chi connectivity index (χ4n) is 2.91. The Kier molecular flexibility index (Phi) is 4.70. The molecule has 1 amide bonds. The van der Waals surface area contributed by atoms with Crippen LogP contribution in [0.1, 0.15) is 34.0 Å². The molecule has 0 aliphatic carbocycles. The summed E-state index contributed by atoms with van der Waals surface area (Å²) >= 11 is 0. The van der Waals surface area contributed by atoms with E-state index < -0.39 is 0 Å². The Morgan fingerprint density at radius 3 is 2.83 bits per heavy atom. The maximum atomic E-state index is 12.3. The lowest BCUT2D eigenvalue weighted by Crippen LogP contribution is -2.30. The highest BCUT2D eigenvalue weighted by molar-refractivity contribution is 5.94. The van der Waals surface area contributed by atoms with Gasteiger partial charge in [0.1, 0.15) is 0 Å². The van der Waals surface area contributed by atoms with Crippen LogP contribution in [0.5, 0.6) is 0 Å². The number of hydrogen-bond acceptors (Lipinski definition) is 3. The van der Waals surface area contributed by atoms with Crippen molar-refractivity contribution in [3.63, 3.8) is 0 Å². The third-order valence-electron chi connectivity index (χ3n) is 4.12. The molecule has 0 radical (unpaired) electrons. The minimum Gasteiger partial charge on any atom is -0.373 e. The molecular weight excluding hydrogens is 288 g/mol. The van der Waals surface area contributed by atoms with Gasteiger partial charge in [-0.1, -0.05) is 36.4 Å². The van der Waals surface area contributed by atoms with Crippen LogP contribution in [-0.4, -0.2) is 19.1 Å². The van der Waals surface area contributed by atoms with Crippen molar-refractivity contribution in [3.05, 3.63) is 71.3 Å². The third-order valence-corrected chi connectivity index (χ3v) is 4.12. The first kappa shape index (κ1) is 15.3. The van der Waals surface area contributed by atoms with Gasteiger partial charge in [0.15, 0.2) is 0 Å². The van der Waals surface area contributed by atoms with Crippen molar-refractivity contribution in [2.24, 2.45) is 5.92 Å². The average molecular weight is 306 g/mol. The SMILES string of the molecule is N#Cc1cccc(C(=O)NC[C@H]2CCO[C@@H]2c2ccccc2)c1. The third kappa shape index (κ3) is 3.58. The molecule has 0 aromatic heterocycles. The van der Waals surface area contributed by atoms with E-state index >= 15 is 0 Å². The highest BCUT2D eigenvalue weighted by Gasteiger charge is 2.29. The van der Waals surface area contributed by atoms with Crippen molar-refractivity contribution in [2.75, 3.05) is 13.2 Å². The lowest BCUT2D eigenvalue weighted by molar-refractivity contribution is 0.0846. The zero-order valence-corrected chi connectivity index (χ0v) is 12.7. The van der Waals surface area contributed by atoms with Gasteiger partial charge in [0.25, 0.3) is 5.91 Å². The van der Waals surface area contributed by atoms with E-state index in [1.54, 1.807) is 24.3 Å². The van der Waals surface area contributed by atoms with Gasteiger partial charge >= 0.3 is 0 Å². The second-order valence-corrected chi connectivity index (χ2v) is 5.65. The molecule has 0 spiro atoms. The van der Waals surface area contributed by atoms with E-state index in [-0.39, 0.29) is 17.9 Å². The molecule has 2 aromatic carbocycles. The molecule has 23 heavy (non-hydrogen) atoms. The predicted molar refractivity (Wildman–Crippen MR) is 86.7 cm³/mol. The van der Waals surface area contributed by atoms with E-state index in [0.717, 1.165) is 12.0 Å². The molecule has 2 aromatic rings. The average Bonchev–Trinajstić information content (AvgIpc) is 3.09. The molecule has 1 aliphatic heterocycles. The van der Waals surface area contributed by atoms with Gasteiger partial charge in [-0.25, -0.2) is 0 Å². The van der Waals surface area contributed by atoms with Crippen LogP contribution in [0.25, 0.3) is 0 Å². The zero-order valence-electron chi connectivity index (χ0n) is 12.7. The van der Waals surface area contributed by atoms with Crippen LogP contribution in [0, 0.1) is 17.2 Å². The molecule has 2 atom stereocenters. The predicted octanol–water partition coefficient (Wildman–Crippen LogP) is 3.07. The first-order valence-electron chi connectivity index (χ1n) is 7.73. The number of amides is 1. The van der Waals surface area contributed by atoms with Crippen LogP contribution in [0.15, 0.2) is 54.6 Å². The Balaban J connectivity index is 1.63. The summed E-state index contributed by atoms with van der Waals surface area (Å²) in [6.45, 7) is 1.28. The van der Waals surface area contributed by atoms with Gasteiger partial charge < -0.3 is 10.1 Å². The van der Waals surface area contributed by atoms with Crippen molar-refractivity contribution in [1.29, 1.82) is 5.26 Å². The second kappa shape index (κ2) is 7.08. The van der Waals surface area contributed by atoms with Crippen LogP contribution < -0.4 is 5.32 Å². The number of hydrogen-bond donors (Lipinski definition) is 1. The summed E-state index contributed by atoms with van der Waals surface area (Å²) in [5.41, 5.74) is 2.15. The Morgan fingerprint density at radius 2 is 2.04 bits per heavy atom. The molecule has 0 unspecified atom stereocenters. The van der Waals surface area contributed by atoms with Gasteiger partial charge in [-0.05, 0) is 30.2 Å². The van der Waals surface area contributed by atoms with E-state index in [4.69, 9.17) is 10.00 Å². The highest BCUT2D eigenvalue weighted by atomic mass is 16.5. The van der Waals surface area contributed by atoms with Crippen LogP contribution in [-0.2, 0) is 4.74 Å². The first-order valence-corrected chi connectivity index (χ1v) is 7.73. The molecular formula is C19H18N2O2. The summed E-state index contributed by atoms with van der Waals surface area (Å²) in [5, 5.41) is 11.9. The Labute approximate surface area is 135 Å². The standard InChI is InChI=1S/C19H18N2O2/c20-12-14-5-4-8-16(11-14)19(22)21-13-17-9-10-23-18(17)15-6-2-1-3-7-15/h1-8,11,17-18H,9-10,13H2,(H,21,22)/t17-,18-/m1/s1. The van der Waals surface area contributed by atoms with E-state index in [0.29, 0.717) is 24.3 Å². The monoisotopic (exact) mass is 306 g/mol. The van der Waals surface area contributed by atoms with Crippen molar-refractivity contribution < 1.29 is 9.53 Å². The minimum absolute atomic E-state index is 0.0296. The van der Waals surface area contributed by atoms with E-state index in [2.05, 4.69) is 17.4 Å². The molecule has 0 bridgehead atoms. The maximum Gasteiger partial charge on any atom is 0.251 e. The van der Waals surface area contributed by atoms with Crippen molar-refractivity contribution >= 4 is 5.91 Å². The number of nitrogens with one attached hydrogen (secondary N) is 1. The summed E-state index contributed by atoms with van der Waals surface area (Å²) in [6, 6.07) is 18.9. The van der Waals surface area contributed by atoms with Gasteiger partial charge in [-0.3, -0.25) is 4.79 Å². The van der Waals surface area contributed by atoms with Gasteiger partial charge in [0.2, 0.25) is 0 Å². The number of rotatable bonds is 4. The number of carbonyl (C=O) groups is 1. The first-order chi connectivity index (χ1) is 11.3. The van der Waals surface area contributed by atoms with Gasteiger partial charge in [-0.15, -0.1) is 0 Å². The van der Waals surface area contributed by atoms with Crippen molar-refractivity contribution in [3.8, 4) is 6.07 Å². The number of nitrogens with zero attached hydrogens (tertiary/aromatic N) is 1. The quantitative estimate of drug-likeness (QED) is 0.944. The zero-order chi connectivity index (χ0) is 16.1. The number of nitriles is 1. The van der Waals surface area contributed by atoms with Crippen LogP contribution in [0.2, 0.25) is 0 Å². The Bertz CT molecular complexity index is 722. The fourth-order valence-corrected chi connectivity index (χ4v) is 2.91. The normalized spacial score (nSPS) is 20.0. The summed E-state index contributed by atoms with van der Waals surface area (Å²) in [6.07, 6.45) is 0.958. The topological polar surface area (TPSA) is 62.1 Å². The molecule has 1 saturated heterocycles. The van der Waals surface area contributed by atoms with Gasteiger partial charge in [-0.2, -0.15) is 5.26 Å².